The van der Waals surface area contributed by atoms with Gasteiger partial charge in [-0.1, -0.05) is 35.5 Å². The molecule has 1 aromatic carbocycles. The molecule has 14 heteroatoms. The van der Waals surface area contributed by atoms with Crippen molar-refractivity contribution in [3.05, 3.63) is 64.7 Å². The largest absolute Gasteiger partial charge is 0.478 e. The smallest absolute Gasteiger partial charge is 0.407 e. The number of aromatic carboxylic acids is 1. The first-order valence-electron chi connectivity index (χ1n) is 15.8. The van der Waals surface area contributed by atoms with Crippen molar-refractivity contribution in [2.75, 3.05) is 24.6 Å². The molecule has 0 aliphatic carbocycles. The van der Waals surface area contributed by atoms with Crippen molar-refractivity contribution in [2.24, 2.45) is 5.41 Å². The van der Waals surface area contributed by atoms with E-state index in [1.165, 1.54) is 11.8 Å². The second kappa shape index (κ2) is 13.2. The van der Waals surface area contributed by atoms with E-state index in [4.69, 9.17) is 36.0 Å². The van der Waals surface area contributed by atoms with Crippen LogP contribution >= 0.6 is 23.4 Å². The van der Waals surface area contributed by atoms with Crippen LogP contribution in [0.2, 0.25) is 5.02 Å². The van der Waals surface area contributed by atoms with Crippen LogP contribution in [0.15, 0.2) is 52.6 Å². The highest BCUT2D eigenvalue weighted by atomic mass is 35.5. The Morgan fingerprint density at radius 3 is 2.50 bits per heavy atom. The second-order valence-corrected chi connectivity index (χ2v) is 14.8. The first-order chi connectivity index (χ1) is 22.8. The standard InChI is InChI=1S/C34H39ClN6O6S/c1-19-30(48-25-10-13-41-16-23(37-29(41)26(25)35)21-6-8-22(9-7-21)31(43)44)38-24(17-42)28(36-19)40-14-11-34(12-15-40)18-46-20(2)27(34)39-32(45)47-33(3,4)5/h6-10,13,16,20,27,42H,11-12,14-15,17-18H2,1-5H3,(H,39,45)(H,43,44)/t20-,27+/m0/s1. The van der Waals surface area contributed by atoms with Gasteiger partial charge in [-0.3, -0.25) is 0 Å². The van der Waals surface area contributed by atoms with Gasteiger partial charge in [0.25, 0.3) is 0 Å². The number of aromatic nitrogens is 4. The van der Waals surface area contributed by atoms with Gasteiger partial charge in [0.15, 0.2) is 11.5 Å². The number of carbonyl (C=O) groups excluding carboxylic acids is 1. The fourth-order valence-corrected chi connectivity index (χ4v) is 7.58. The van der Waals surface area contributed by atoms with E-state index in [-0.39, 0.29) is 29.7 Å². The minimum Gasteiger partial charge on any atom is -0.478 e. The van der Waals surface area contributed by atoms with Crippen molar-refractivity contribution in [3.63, 3.8) is 0 Å². The molecule has 0 unspecified atom stereocenters. The molecule has 3 N–H and O–H groups in total. The number of carbonyl (C=O) groups is 2. The zero-order chi connectivity index (χ0) is 34.4. The number of pyridine rings is 1. The number of carboxylic acid groups (broad SMARTS) is 1. The van der Waals surface area contributed by atoms with Crippen LogP contribution in [-0.4, -0.2) is 79.1 Å². The predicted octanol–water partition coefficient (Wildman–Crippen LogP) is 5.99. The van der Waals surface area contributed by atoms with Gasteiger partial charge >= 0.3 is 12.1 Å². The van der Waals surface area contributed by atoms with E-state index in [2.05, 4.69) is 10.2 Å². The third-order valence-electron chi connectivity index (χ3n) is 8.89. The number of nitrogens with zero attached hydrogens (tertiary/aromatic N) is 5. The maximum atomic E-state index is 12.7. The monoisotopic (exact) mass is 694 g/mol. The van der Waals surface area contributed by atoms with Gasteiger partial charge in [0.05, 0.1) is 47.3 Å². The summed E-state index contributed by atoms with van der Waals surface area (Å²) >= 11 is 8.20. The summed E-state index contributed by atoms with van der Waals surface area (Å²) in [5.74, 6) is -0.343. The van der Waals surface area contributed by atoms with Gasteiger partial charge in [0.2, 0.25) is 0 Å². The van der Waals surface area contributed by atoms with Crippen LogP contribution in [0, 0.1) is 12.3 Å². The molecule has 1 spiro atoms. The summed E-state index contributed by atoms with van der Waals surface area (Å²) in [6.07, 6.45) is 4.66. The molecule has 2 fully saturated rings. The highest BCUT2D eigenvalue weighted by Gasteiger charge is 2.50. The van der Waals surface area contributed by atoms with Crippen LogP contribution in [0.1, 0.15) is 62.3 Å². The molecule has 4 aromatic rings. The van der Waals surface area contributed by atoms with E-state index in [0.29, 0.717) is 58.3 Å². The molecule has 1 amide bonds. The Morgan fingerprint density at radius 1 is 1.15 bits per heavy atom. The molecule has 2 aliphatic heterocycles. The number of aryl methyl sites for hydroxylation is 1. The fourth-order valence-electron chi connectivity index (χ4n) is 6.39. The SMILES string of the molecule is Cc1nc(N2CCC3(CC2)CO[C@@H](C)[C@H]3NC(=O)OC(C)(C)C)c(CO)nc1Sc1ccn2cc(-c3ccc(C(=O)O)cc3)nc2c1Cl. The molecule has 0 bridgehead atoms. The number of rotatable bonds is 7. The van der Waals surface area contributed by atoms with Crippen LogP contribution in [0.5, 0.6) is 0 Å². The number of aliphatic hydroxyl groups excluding tert-OH is 1. The lowest BCUT2D eigenvalue weighted by Crippen LogP contribution is -2.55. The zero-order valence-electron chi connectivity index (χ0n) is 27.5. The first kappa shape index (κ1) is 34.0. The highest BCUT2D eigenvalue weighted by molar-refractivity contribution is 7.99. The maximum Gasteiger partial charge on any atom is 0.407 e. The van der Waals surface area contributed by atoms with Crippen molar-refractivity contribution in [1.82, 2.24) is 24.7 Å². The average Bonchev–Trinajstić information content (AvgIpc) is 3.61. The first-order valence-corrected chi connectivity index (χ1v) is 17.0. The van der Waals surface area contributed by atoms with Crippen molar-refractivity contribution < 1.29 is 29.3 Å². The minimum absolute atomic E-state index is 0.139. The minimum atomic E-state index is -0.988. The molecule has 2 saturated heterocycles. The molecule has 3 aromatic heterocycles. The molecule has 2 atom stereocenters. The number of amides is 1. The van der Waals surface area contributed by atoms with Gasteiger partial charge in [-0.15, -0.1) is 0 Å². The van der Waals surface area contributed by atoms with Crippen molar-refractivity contribution in [2.45, 2.75) is 81.7 Å². The molecule has 6 rings (SSSR count). The summed E-state index contributed by atoms with van der Waals surface area (Å²) in [5.41, 5.74) is 2.54. The number of ether oxygens (including phenoxy) is 2. The quantitative estimate of drug-likeness (QED) is 0.209. The van der Waals surface area contributed by atoms with Gasteiger partial charge in [-0.25, -0.2) is 24.5 Å². The van der Waals surface area contributed by atoms with Crippen LogP contribution in [-0.2, 0) is 16.1 Å². The molecule has 5 heterocycles. The zero-order valence-corrected chi connectivity index (χ0v) is 29.1. The molecule has 48 heavy (non-hydrogen) atoms. The number of carboxylic acids is 1. The summed E-state index contributed by atoms with van der Waals surface area (Å²) < 4.78 is 13.4. The second-order valence-electron chi connectivity index (χ2n) is 13.4. The summed E-state index contributed by atoms with van der Waals surface area (Å²) in [7, 11) is 0. The van der Waals surface area contributed by atoms with Crippen molar-refractivity contribution in [1.29, 1.82) is 0 Å². The number of fused-ring (bicyclic) bond motifs is 1. The lowest BCUT2D eigenvalue weighted by Gasteiger charge is -2.43. The van der Waals surface area contributed by atoms with E-state index in [1.54, 1.807) is 24.3 Å². The van der Waals surface area contributed by atoms with Crippen LogP contribution in [0.25, 0.3) is 16.9 Å². The van der Waals surface area contributed by atoms with Gasteiger partial charge in [-0.05, 0) is 65.7 Å². The number of piperidine rings is 1. The Kier molecular flexibility index (Phi) is 9.33. The third kappa shape index (κ3) is 6.82. The summed E-state index contributed by atoms with van der Waals surface area (Å²) in [6.45, 7) is 11.0. The number of anilines is 1. The van der Waals surface area contributed by atoms with E-state index < -0.39 is 17.7 Å². The summed E-state index contributed by atoms with van der Waals surface area (Å²) in [4.78, 5) is 41.2. The van der Waals surface area contributed by atoms with E-state index in [9.17, 15) is 19.8 Å². The van der Waals surface area contributed by atoms with Gasteiger partial charge in [0.1, 0.15) is 16.3 Å². The molecule has 12 nitrogen and oxygen atoms in total. The van der Waals surface area contributed by atoms with Crippen LogP contribution < -0.4 is 10.2 Å². The Labute approximate surface area is 287 Å². The lowest BCUT2D eigenvalue weighted by atomic mass is 9.73. The molecular weight excluding hydrogens is 656 g/mol. The Hall–Kier alpha value is -3.91. The number of hydrogen-bond donors (Lipinski definition) is 3. The van der Waals surface area contributed by atoms with E-state index in [1.807, 2.05) is 57.5 Å². The molecule has 2 aliphatic rings. The Morgan fingerprint density at radius 2 is 1.85 bits per heavy atom. The van der Waals surface area contributed by atoms with Crippen molar-refractivity contribution in [3.8, 4) is 11.3 Å². The fraction of sp³-hybridized carbons (Fsp3) is 0.441. The van der Waals surface area contributed by atoms with Gasteiger partial charge in [0, 0.05) is 41.4 Å². The number of aliphatic hydroxyl groups is 1. The third-order valence-corrected chi connectivity index (χ3v) is 10.5. The number of benzene rings is 1. The van der Waals surface area contributed by atoms with E-state index in [0.717, 1.165) is 23.3 Å². The van der Waals surface area contributed by atoms with E-state index >= 15 is 0 Å². The highest BCUT2D eigenvalue weighted by Crippen LogP contribution is 2.44. The number of hydrogen-bond acceptors (Lipinski definition) is 10. The molecule has 254 valence electrons. The summed E-state index contributed by atoms with van der Waals surface area (Å²) in [5, 5.41) is 23.7. The van der Waals surface area contributed by atoms with Gasteiger partial charge in [-0.2, -0.15) is 0 Å². The number of alkyl carbamates (subject to hydrolysis) is 1. The Balaban J connectivity index is 1.18. The van der Waals surface area contributed by atoms with Crippen LogP contribution in [0.3, 0.4) is 0 Å². The maximum absolute atomic E-state index is 12.7. The average molecular weight is 695 g/mol. The topological polar surface area (TPSA) is 151 Å². The lowest BCUT2D eigenvalue weighted by molar-refractivity contribution is 0.0433. The number of imidazole rings is 1. The predicted molar refractivity (Wildman–Crippen MR) is 182 cm³/mol. The Bertz CT molecular complexity index is 1850. The molecule has 0 radical (unpaired) electrons. The van der Waals surface area contributed by atoms with Gasteiger partial charge < -0.3 is 34.3 Å². The normalized spacial score (nSPS) is 19.2. The number of nitrogens with one attached hydrogen (secondary N) is 1. The van der Waals surface area contributed by atoms with Crippen LogP contribution in [0.4, 0.5) is 10.6 Å². The molecule has 0 saturated carbocycles. The summed E-state index contributed by atoms with van der Waals surface area (Å²) in [6, 6.07) is 8.22. The number of halogens is 1. The van der Waals surface area contributed by atoms with Crippen molar-refractivity contribution >= 4 is 46.9 Å². The molecular formula is C34H39ClN6O6S.